The largest absolute Gasteiger partial charge is 0.497 e. The molecular formula is C24H37ClN2O. The number of hydrogen-bond acceptors (Lipinski definition) is 3. The van der Waals surface area contributed by atoms with E-state index in [1.165, 1.54) is 28.7 Å². The van der Waals surface area contributed by atoms with Crippen molar-refractivity contribution in [2.24, 2.45) is 11.8 Å². The van der Waals surface area contributed by atoms with E-state index in [9.17, 15) is 0 Å². The Balaban J connectivity index is 0.00000392. The molecule has 28 heavy (non-hydrogen) atoms. The first-order chi connectivity index (χ1) is 13.0. The molecule has 0 heterocycles. The molecule has 2 aromatic carbocycles. The Morgan fingerprint density at radius 2 is 1.50 bits per heavy atom. The second-order valence-electron chi connectivity index (χ2n) is 8.15. The van der Waals surface area contributed by atoms with E-state index in [0.717, 1.165) is 37.8 Å². The molecule has 0 bridgehead atoms. The Bertz CT molecular complexity index is 701. The van der Waals surface area contributed by atoms with E-state index in [-0.39, 0.29) is 12.4 Å². The van der Waals surface area contributed by atoms with Gasteiger partial charge in [-0.05, 0) is 77.9 Å². The van der Waals surface area contributed by atoms with Crippen molar-refractivity contribution in [1.82, 2.24) is 10.6 Å². The Labute approximate surface area is 177 Å². The van der Waals surface area contributed by atoms with Crippen LogP contribution in [0.1, 0.15) is 45.2 Å². The van der Waals surface area contributed by atoms with Gasteiger partial charge in [-0.1, -0.05) is 45.9 Å². The van der Waals surface area contributed by atoms with Crippen LogP contribution in [0.25, 0.3) is 11.1 Å². The fraction of sp³-hybridized carbons (Fsp3) is 0.500. The summed E-state index contributed by atoms with van der Waals surface area (Å²) in [6, 6.07) is 15.2. The number of nitrogens with one attached hydrogen (secondary N) is 2. The van der Waals surface area contributed by atoms with Crippen LogP contribution in [-0.2, 0) is 13.1 Å². The Kier molecular flexibility index (Phi) is 11.2. The summed E-state index contributed by atoms with van der Waals surface area (Å²) in [5.41, 5.74) is 5.11. The summed E-state index contributed by atoms with van der Waals surface area (Å²) < 4.78 is 5.41. The molecule has 3 nitrogen and oxygen atoms in total. The van der Waals surface area contributed by atoms with Crippen molar-refractivity contribution in [3.63, 3.8) is 0 Å². The molecule has 0 saturated carbocycles. The van der Waals surface area contributed by atoms with Gasteiger partial charge in [-0.15, -0.1) is 12.4 Å². The highest BCUT2D eigenvalue weighted by Crippen LogP contribution is 2.26. The minimum atomic E-state index is 0. The van der Waals surface area contributed by atoms with Crippen LogP contribution < -0.4 is 15.4 Å². The van der Waals surface area contributed by atoms with Crippen molar-refractivity contribution in [3.8, 4) is 16.9 Å². The molecule has 0 unspecified atom stereocenters. The van der Waals surface area contributed by atoms with Crippen LogP contribution in [0.2, 0.25) is 0 Å². The highest BCUT2D eigenvalue weighted by molar-refractivity contribution is 5.85. The van der Waals surface area contributed by atoms with E-state index >= 15 is 0 Å². The van der Waals surface area contributed by atoms with Crippen LogP contribution in [0, 0.1) is 11.8 Å². The molecule has 156 valence electrons. The molecule has 0 atom stereocenters. The van der Waals surface area contributed by atoms with Crippen molar-refractivity contribution in [2.75, 3.05) is 20.2 Å². The monoisotopic (exact) mass is 404 g/mol. The van der Waals surface area contributed by atoms with Gasteiger partial charge in [0, 0.05) is 13.1 Å². The van der Waals surface area contributed by atoms with Gasteiger partial charge in [-0.25, -0.2) is 0 Å². The average Bonchev–Trinajstić information content (AvgIpc) is 2.65. The summed E-state index contributed by atoms with van der Waals surface area (Å²) in [7, 11) is 1.72. The second-order valence-corrected chi connectivity index (χ2v) is 8.15. The van der Waals surface area contributed by atoms with Gasteiger partial charge in [0.25, 0.3) is 0 Å². The number of hydrogen-bond donors (Lipinski definition) is 2. The first kappa shape index (κ1) is 24.5. The smallest absolute Gasteiger partial charge is 0.119 e. The lowest BCUT2D eigenvalue weighted by atomic mass is 9.99. The quantitative estimate of drug-likeness (QED) is 0.473. The Morgan fingerprint density at radius 3 is 2.11 bits per heavy atom. The van der Waals surface area contributed by atoms with Crippen LogP contribution in [0.4, 0.5) is 0 Å². The summed E-state index contributed by atoms with van der Waals surface area (Å²) >= 11 is 0. The van der Waals surface area contributed by atoms with E-state index in [2.05, 4.69) is 74.7 Å². The molecule has 0 aliphatic rings. The number of rotatable bonds is 11. The van der Waals surface area contributed by atoms with Crippen LogP contribution in [0.5, 0.6) is 5.75 Å². The average molecular weight is 405 g/mol. The van der Waals surface area contributed by atoms with Crippen molar-refractivity contribution < 1.29 is 4.74 Å². The van der Waals surface area contributed by atoms with Gasteiger partial charge in [0.1, 0.15) is 5.75 Å². The topological polar surface area (TPSA) is 33.3 Å². The lowest BCUT2D eigenvalue weighted by molar-refractivity contribution is 0.415. The zero-order chi connectivity index (χ0) is 19.6. The van der Waals surface area contributed by atoms with E-state index in [1.807, 2.05) is 6.07 Å². The molecular weight excluding hydrogens is 368 g/mol. The molecule has 0 aliphatic carbocycles. The Hall–Kier alpha value is -1.55. The van der Waals surface area contributed by atoms with Gasteiger partial charge < -0.3 is 15.4 Å². The van der Waals surface area contributed by atoms with E-state index in [4.69, 9.17) is 4.74 Å². The molecule has 2 aromatic rings. The third-order valence-electron chi connectivity index (χ3n) is 4.56. The molecule has 0 aliphatic heterocycles. The second kappa shape index (κ2) is 12.8. The predicted octanol–water partition coefficient (Wildman–Crippen LogP) is 5.67. The van der Waals surface area contributed by atoms with Gasteiger partial charge in [-0.3, -0.25) is 0 Å². The molecule has 0 aromatic heterocycles. The predicted molar refractivity (Wildman–Crippen MR) is 123 cm³/mol. The van der Waals surface area contributed by atoms with E-state index in [1.54, 1.807) is 7.11 Å². The van der Waals surface area contributed by atoms with E-state index in [0.29, 0.717) is 5.92 Å². The van der Waals surface area contributed by atoms with Crippen LogP contribution >= 0.6 is 12.4 Å². The molecule has 4 heteroatoms. The Morgan fingerprint density at radius 1 is 0.821 bits per heavy atom. The molecule has 0 fully saturated rings. The molecule has 2 N–H and O–H groups in total. The fourth-order valence-electron chi connectivity index (χ4n) is 3.06. The SMILES string of the molecule is COc1cccc(-c2cc(CNCCC(C)C)cc(CNCC(C)C)c2)c1.Cl. The minimum Gasteiger partial charge on any atom is -0.497 e. The fourth-order valence-corrected chi connectivity index (χ4v) is 3.06. The van der Waals surface area contributed by atoms with Crippen molar-refractivity contribution in [2.45, 2.75) is 47.2 Å². The van der Waals surface area contributed by atoms with Gasteiger partial charge in [0.05, 0.1) is 7.11 Å². The third kappa shape index (κ3) is 8.64. The van der Waals surface area contributed by atoms with Gasteiger partial charge in [0.15, 0.2) is 0 Å². The zero-order valence-electron chi connectivity index (χ0n) is 18.0. The number of methoxy groups -OCH3 is 1. The first-order valence-corrected chi connectivity index (χ1v) is 10.2. The summed E-state index contributed by atoms with van der Waals surface area (Å²) in [5.74, 6) is 2.28. The standard InChI is InChI=1S/C24H36N2O.ClH/c1-18(2)9-10-25-16-20-11-21(17-26-15-19(3)4)13-23(12-20)22-7-6-8-24(14-22)27-5;/h6-8,11-14,18-19,25-26H,9-10,15-17H2,1-5H3;1H. The number of benzene rings is 2. The summed E-state index contributed by atoms with van der Waals surface area (Å²) in [5, 5.41) is 7.16. The maximum Gasteiger partial charge on any atom is 0.119 e. The molecule has 2 rings (SSSR count). The summed E-state index contributed by atoms with van der Waals surface area (Å²) in [4.78, 5) is 0. The van der Waals surface area contributed by atoms with Gasteiger partial charge in [-0.2, -0.15) is 0 Å². The normalized spacial score (nSPS) is 11.0. The summed E-state index contributed by atoms with van der Waals surface area (Å²) in [6.07, 6.45) is 1.21. The highest BCUT2D eigenvalue weighted by atomic mass is 35.5. The summed E-state index contributed by atoms with van der Waals surface area (Å²) in [6.45, 7) is 12.9. The lowest BCUT2D eigenvalue weighted by Gasteiger charge is -2.14. The molecule has 0 saturated heterocycles. The van der Waals surface area contributed by atoms with Crippen molar-refractivity contribution in [1.29, 1.82) is 0 Å². The molecule has 0 amide bonds. The maximum absolute atomic E-state index is 5.41. The third-order valence-corrected chi connectivity index (χ3v) is 4.56. The minimum absolute atomic E-state index is 0. The first-order valence-electron chi connectivity index (χ1n) is 10.2. The van der Waals surface area contributed by atoms with Crippen molar-refractivity contribution >= 4 is 12.4 Å². The van der Waals surface area contributed by atoms with Crippen LogP contribution in [0.15, 0.2) is 42.5 Å². The highest BCUT2D eigenvalue weighted by Gasteiger charge is 2.06. The lowest BCUT2D eigenvalue weighted by Crippen LogP contribution is -2.20. The zero-order valence-corrected chi connectivity index (χ0v) is 18.9. The molecule has 0 spiro atoms. The number of halogens is 1. The van der Waals surface area contributed by atoms with Gasteiger partial charge in [0.2, 0.25) is 0 Å². The van der Waals surface area contributed by atoms with Gasteiger partial charge >= 0.3 is 0 Å². The maximum atomic E-state index is 5.41. The van der Waals surface area contributed by atoms with Crippen LogP contribution in [0.3, 0.4) is 0 Å². The van der Waals surface area contributed by atoms with Crippen LogP contribution in [-0.4, -0.2) is 20.2 Å². The molecule has 0 radical (unpaired) electrons. The number of ether oxygens (including phenoxy) is 1. The van der Waals surface area contributed by atoms with E-state index < -0.39 is 0 Å². The van der Waals surface area contributed by atoms with Crippen molar-refractivity contribution in [3.05, 3.63) is 53.6 Å².